The summed E-state index contributed by atoms with van der Waals surface area (Å²) in [6, 6.07) is 23.3. The number of hydrogen-bond acceptors (Lipinski definition) is 5. The largest absolute Gasteiger partial charge is 0.392 e. The Balaban J connectivity index is 1.34. The number of nitrogens with one attached hydrogen (secondary N) is 1. The SMILES string of the molecule is O=C(NCc1cccc(-c2ccc([C@@H]3O[C@H](Cn4cnc(Cl)c4Cl)C[C@H](c4ccc(CO)cc4)O3)cc2)c1)C(Cl)(Cl)Cl. The molecule has 0 saturated carbocycles. The molecule has 0 bridgehead atoms. The topological polar surface area (TPSA) is 85.6 Å². The fourth-order valence-corrected chi connectivity index (χ4v) is 5.21. The molecule has 12 heteroatoms. The van der Waals surface area contributed by atoms with Gasteiger partial charge in [0.1, 0.15) is 5.15 Å². The number of aromatic nitrogens is 2. The smallest absolute Gasteiger partial charge is 0.272 e. The highest BCUT2D eigenvalue weighted by molar-refractivity contribution is 6.76. The molecule has 42 heavy (non-hydrogen) atoms. The van der Waals surface area contributed by atoms with Crippen molar-refractivity contribution in [2.75, 3.05) is 0 Å². The molecule has 1 aromatic heterocycles. The average molecular weight is 670 g/mol. The average Bonchev–Trinajstić information content (AvgIpc) is 3.31. The molecule has 1 aliphatic rings. The Bertz CT molecular complexity index is 1520. The number of nitrogens with zero attached hydrogens (tertiary/aromatic N) is 2. The predicted molar refractivity (Wildman–Crippen MR) is 165 cm³/mol. The second-order valence-corrected chi connectivity index (χ2v) is 12.8. The first-order valence-corrected chi connectivity index (χ1v) is 14.9. The van der Waals surface area contributed by atoms with E-state index in [-0.39, 0.29) is 30.5 Å². The predicted octanol–water partition coefficient (Wildman–Crippen LogP) is 7.58. The number of carbonyl (C=O) groups excluding carboxylic acids is 1. The Morgan fingerprint density at radius 2 is 1.67 bits per heavy atom. The van der Waals surface area contributed by atoms with Gasteiger partial charge in [-0.25, -0.2) is 4.98 Å². The molecule has 1 saturated heterocycles. The van der Waals surface area contributed by atoms with Crippen LogP contribution in [0, 0.1) is 0 Å². The monoisotopic (exact) mass is 667 g/mol. The van der Waals surface area contributed by atoms with E-state index in [1.54, 1.807) is 10.9 Å². The quantitative estimate of drug-likeness (QED) is 0.189. The number of aliphatic hydroxyl groups is 1. The van der Waals surface area contributed by atoms with E-state index in [1.165, 1.54) is 0 Å². The molecule has 2 N–H and O–H groups in total. The van der Waals surface area contributed by atoms with Gasteiger partial charge < -0.3 is 24.5 Å². The van der Waals surface area contributed by atoms with E-state index < -0.39 is 16.0 Å². The molecule has 4 aromatic rings. The van der Waals surface area contributed by atoms with Gasteiger partial charge in [0.25, 0.3) is 9.70 Å². The number of benzene rings is 3. The summed E-state index contributed by atoms with van der Waals surface area (Å²) in [7, 11) is 0. The van der Waals surface area contributed by atoms with Crippen LogP contribution >= 0.6 is 58.0 Å². The minimum atomic E-state index is -2.02. The van der Waals surface area contributed by atoms with Crippen molar-refractivity contribution in [1.29, 1.82) is 0 Å². The zero-order valence-corrected chi connectivity index (χ0v) is 25.8. The maximum Gasteiger partial charge on any atom is 0.272 e. The van der Waals surface area contributed by atoms with Gasteiger partial charge in [0.05, 0.1) is 31.7 Å². The minimum absolute atomic E-state index is 0.0289. The summed E-state index contributed by atoms with van der Waals surface area (Å²) in [6.07, 6.45) is 1.05. The first-order chi connectivity index (χ1) is 20.1. The molecule has 0 spiro atoms. The molecule has 0 aliphatic carbocycles. The maximum atomic E-state index is 11.9. The molecular formula is C30H26Cl5N3O4. The molecule has 3 atom stereocenters. The van der Waals surface area contributed by atoms with Crippen LogP contribution in [0.25, 0.3) is 11.1 Å². The fourth-order valence-electron chi connectivity index (χ4n) is 4.70. The van der Waals surface area contributed by atoms with E-state index in [4.69, 9.17) is 67.5 Å². The molecule has 1 aliphatic heterocycles. The van der Waals surface area contributed by atoms with E-state index in [9.17, 15) is 9.90 Å². The van der Waals surface area contributed by atoms with Gasteiger partial charge in [0.15, 0.2) is 11.4 Å². The van der Waals surface area contributed by atoms with E-state index in [0.717, 1.165) is 33.4 Å². The normalized spacial score (nSPS) is 19.0. The van der Waals surface area contributed by atoms with Gasteiger partial charge in [-0.3, -0.25) is 4.79 Å². The summed E-state index contributed by atoms with van der Waals surface area (Å²) in [4.78, 5) is 16.0. The Morgan fingerprint density at radius 1 is 0.952 bits per heavy atom. The summed E-state index contributed by atoms with van der Waals surface area (Å²) in [5.41, 5.74) is 5.44. The van der Waals surface area contributed by atoms with Crippen molar-refractivity contribution in [3.8, 4) is 11.1 Å². The third-order valence-corrected chi connectivity index (χ3v) is 8.19. The lowest BCUT2D eigenvalue weighted by Gasteiger charge is -2.36. The van der Waals surface area contributed by atoms with Crippen molar-refractivity contribution >= 4 is 63.9 Å². The third kappa shape index (κ3) is 7.59. The van der Waals surface area contributed by atoms with E-state index in [1.807, 2.05) is 72.8 Å². The van der Waals surface area contributed by atoms with Gasteiger partial charge in [0, 0.05) is 18.5 Å². The van der Waals surface area contributed by atoms with Crippen LogP contribution in [0.4, 0.5) is 0 Å². The first-order valence-electron chi connectivity index (χ1n) is 13.0. The van der Waals surface area contributed by atoms with Crippen LogP contribution in [0.5, 0.6) is 0 Å². The zero-order chi connectivity index (χ0) is 29.9. The molecule has 7 nitrogen and oxygen atoms in total. The highest BCUT2D eigenvalue weighted by Crippen LogP contribution is 2.39. The van der Waals surface area contributed by atoms with Crippen LogP contribution in [-0.2, 0) is 34.0 Å². The van der Waals surface area contributed by atoms with Gasteiger partial charge in [-0.05, 0) is 33.9 Å². The van der Waals surface area contributed by atoms with Crippen molar-refractivity contribution < 1.29 is 19.4 Å². The number of hydrogen-bond donors (Lipinski definition) is 2. The van der Waals surface area contributed by atoms with Crippen LogP contribution in [0.15, 0.2) is 79.1 Å². The highest BCUT2D eigenvalue weighted by Gasteiger charge is 2.33. The molecule has 0 unspecified atom stereocenters. The highest BCUT2D eigenvalue weighted by atomic mass is 35.6. The van der Waals surface area contributed by atoms with Gasteiger partial charge in [-0.2, -0.15) is 0 Å². The Labute approximate surface area is 268 Å². The van der Waals surface area contributed by atoms with Crippen molar-refractivity contribution in [1.82, 2.24) is 14.9 Å². The lowest BCUT2D eigenvalue weighted by atomic mass is 9.99. The number of aliphatic hydroxyl groups excluding tert-OH is 1. The third-order valence-electron chi connectivity index (χ3n) is 6.90. The Kier molecular flexibility index (Phi) is 10.0. The van der Waals surface area contributed by atoms with Gasteiger partial charge in [-0.15, -0.1) is 0 Å². The molecule has 1 fully saturated rings. The van der Waals surface area contributed by atoms with Crippen LogP contribution in [0.2, 0.25) is 10.3 Å². The molecule has 5 rings (SSSR count). The molecule has 3 aromatic carbocycles. The second-order valence-electron chi connectivity index (χ2n) is 9.83. The van der Waals surface area contributed by atoms with Crippen molar-refractivity contribution in [3.05, 3.63) is 112 Å². The Hall–Kier alpha value is -2.33. The van der Waals surface area contributed by atoms with Crippen molar-refractivity contribution in [3.63, 3.8) is 0 Å². The van der Waals surface area contributed by atoms with Gasteiger partial charge >= 0.3 is 0 Å². The number of rotatable bonds is 8. The summed E-state index contributed by atoms with van der Waals surface area (Å²) in [6.45, 7) is 0.638. The number of imidazole rings is 1. The minimum Gasteiger partial charge on any atom is -0.392 e. The number of carbonyl (C=O) groups is 1. The summed E-state index contributed by atoms with van der Waals surface area (Å²) in [5.74, 6) is -0.686. The fraction of sp³-hybridized carbons (Fsp3) is 0.267. The molecule has 2 heterocycles. The van der Waals surface area contributed by atoms with Gasteiger partial charge in [-0.1, -0.05) is 125 Å². The summed E-state index contributed by atoms with van der Waals surface area (Å²) < 4.78 is 12.6. The standard InChI is InChI=1S/C30H26Cl5N3O4/c31-26-27(32)38(17-37-26)15-24-13-25(21-6-4-18(16-39)5-7-21)42-28(41-24)22-10-8-20(9-11-22)23-3-1-2-19(12-23)14-36-29(40)30(33,34)35/h1-12,17,24-25,28,39H,13-16H2,(H,36,40)/t24-,25+,28+/m0/s1. The van der Waals surface area contributed by atoms with Crippen LogP contribution in [0.3, 0.4) is 0 Å². The first kappa shape index (κ1) is 31.1. The van der Waals surface area contributed by atoms with E-state index in [0.29, 0.717) is 18.1 Å². The molecule has 220 valence electrons. The van der Waals surface area contributed by atoms with E-state index >= 15 is 0 Å². The number of alkyl halides is 3. The summed E-state index contributed by atoms with van der Waals surface area (Å²) >= 11 is 29.3. The molecule has 1 amide bonds. The zero-order valence-electron chi connectivity index (χ0n) is 22.0. The van der Waals surface area contributed by atoms with Crippen molar-refractivity contribution in [2.45, 2.75) is 48.4 Å². The molecular weight excluding hydrogens is 644 g/mol. The van der Waals surface area contributed by atoms with Gasteiger partial charge in [0.2, 0.25) is 0 Å². The lowest BCUT2D eigenvalue weighted by molar-refractivity contribution is -0.252. The molecule has 0 radical (unpaired) electrons. The maximum absolute atomic E-state index is 11.9. The van der Waals surface area contributed by atoms with E-state index in [2.05, 4.69) is 10.3 Å². The number of halogens is 5. The van der Waals surface area contributed by atoms with Crippen LogP contribution in [-0.4, -0.2) is 30.5 Å². The van der Waals surface area contributed by atoms with Crippen molar-refractivity contribution in [2.24, 2.45) is 0 Å². The summed E-state index contributed by atoms with van der Waals surface area (Å²) in [5, 5.41) is 12.7. The number of ether oxygens (including phenoxy) is 2. The lowest BCUT2D eigenvalue weighted by Crippen LogP contribution is -2.33. The number of amides is 1. The van der Waals surface area contributed by atoms with Crippen LogP contribution in [0.1, 0.15) is 41.1 Å². The second kappa shape index (κ2) is 13.5. The van der Waals surface area contributed by atoms with Crippen LogP contribution < -0.4 is 5.32 Å². The Morgan fingerprint density at radius 3 is 2.31 bits per heavy atom.